The van der Waals surface area contributed by atoms with Crippen molar-refractivity contribution in [3.05, 3.63) is 34.8 Å². The maximum absolute atomic E-state index is 12.8. The standard InChI is InChI=1S/C16H21N3O4S/c1-10-7-14(12(3)19(10)15-8-11(2)23-17-15)16(20)18(4)13-5-6-24(21,22)9-13/h7-8,13H,5-6,9H2,1-4H3. The van der Waals surface area contributed by atoms with Crippen molar-refractivity contribution in [2.24, 2.45) is 0 Å². The first-order chi connectivity index (χ1) is 11.2. The molecular formula is C16H21N3O4S. The number of amides is 1. The second-order valence-electron chi connectivity index (χ2n) is 6.39. The van der Waals surface area contributed by atoms with E-state index in [2.05, 4.69) is 5.16 Å². The molecule has 0 N–H and O–H groups in total. The number of carbonyl (C=O) groups is 1. The number of carbonyl (C=O) groups excluding carboxylic acids is 1. The highest BCUT2D eigenvalue weighted by Crippen LogP contribution is 2.24. The Balaban J connectivity index is 1.91. The molecule has 2 aromatic rings. The minimum Gasteiger partial charge on any atom is -0.360 e. The van der Waals surface area contributed by atoms with Crippen molar-refractivity contribution in [1.29, 1.82) is 0 Å². The Kier molecular flexibility index (Phi) is 4.03. The van der Waals surface area contributed by atoms with Gasteiger partial charge in [0.15, 0.2) is 15.7 Å². The van der Waals surface area contributed by atoms with E-state index in [9.17, 15) is 13.2 Å². The lowest BCUT2D eigenvalue weighted by molar-refractivity contribution is 0.0747. The van der Waals surface area contributed by atoms with Crippen LogP contribution in [0.4, 0.5) is 0 Å². The summed E-state index contributed by atoms with van der Waals surface area (Å²) in [5.74, 6) is 1.34. The molecule has 2 aromatic heterocycles. The summed E-state index contributed by atoms with van der Waals surface area (Å²) in [7, 11) is -1.36. The maximum Gasteiger partial charge on any atom is 0.255 e. The van der Waals surface area contributed by atoms with Crippen LogP contribution in [0.5, 0.6) is 0 Å². The van der Waals surface area contributed by atoms with Gasteiger partial charge in [0, 0.05) is 30.5 Å². The molecule has 0 radical (unpaired) electrons. The highest BCUT2D eigenvalue weighted by molar-refractivity contribution is 7.91. The first-order valence-electron chi connectivity index (χ1n) is 7.80. The molecule has 0 aromatic carbocycles. The SMILES string of the molecule is Cc1cc(-n2c(C)cc(C(=O)N(C)C3CCS(=O)(=O)C3)c2C)no1. The van der Waals surface area contributed by atoms with Crippen LogP contribution < -0.4 is 0 Å². The Hall–Kier alpha value is -2.09. The average Bonchev–Trinajstić information content (AvgIpc) is 3.16. The molecule has 1 amide bonds. The van der Waals surface area contributed by atoms with E-state index in [1.54, 1.807) is 11.9 Å². The molecule has 0 bridgehead atoms. The highest BCUT2D eigenvalue weighted by atomic mass is 32.2. The molecule has 1 atom stereocenters. The van der Waals surface area contributed by atoms with Crippen molar-refractivity contribution in [1.82, 2.24) is 14.6 Å². The molecule has 0 spiro atoms. The summed E-state index contributed by atoms with van der Waals surface area (Å²) in [6.07, 6.45) is 0.492. The summed E-state index contributed by atoms with van der Waals surface area (Å²) >= 11 is 0. The van der Waals surface area contributed by atoms with Crippen LogP contribution in [-0.2, 0) is 9.84 Å². The van der Waals surface area contributed by atoms with E-state index in [1.807, 2.05) is 37.5 Å². The van der Waals surface area contributed by atoms with Gasteiger partial charge >= 0.3 is 0 Å². The summed E-state index contributed by atoms with van der Waals surface area (Å²) < 4.78 is 30.3. The van der Waals surface area contributed by atoms with Crippen molar-refractivity contribution in [3.8, 4) is 5.82 Å². The van der Waals surface area contributed by atoms with Crippen LogP contribution >= 0.6 is 0 Å². The number of rotatable bonds is 3. The van der Waals surface area contributed by atoms with Gasteiger partial charge in [-0.3, -0.25) is 9.36 Å². The van der Waals surface area contributed by atoms with Crippen LogP contribution in [0.2, 0.25) is 0 Å². The summed E-state index contributed by atoms with van der Waals surface area (Å²) in [4.78, 5) is 14.4. The van der Waals surface area contributed by atoms with E-state index in [0.717, 1.165) is 11.4 Å². The van der Waals surface area contributed by atoms with Gasteiger partial charge in [0.05, 0.1) is 17.1 Å². The molecule has 8 heteroatoms. The van der Waals surface area contributed by atoms with Crippen molar-refractivity contribution in [2.75, 3.05) is 18.6 Å². The van der Waals surface area contributed by atoms with Crippen LogP contribution in [0, 0.1) is 20.8 Å². The number of hydrogen-bond donors (Lipinski definition) is 0. The summed E-state index contributed by atoms with van der Waals surface area (Å²) in [5, 5.41) is 4.01. The molecule has 24 heavy (non-hydrogen) atoms. The largest absolute Gasteiger partial charge is 0.360 e. The number of aryl methyl sites for hydroxylation is 2. The summed E-state index contributed by atoms with van der Waals surface area (Å²) in [6, 6.07) is 3.35. The molecule has 3 heterocycles. The van der Waals surface area contributed by atoms with Gasteiger partial charge < -0.3 is 9.42 Å². The Bertz CT molecular complexity index is 895. The van der Waals surface area contributed by atoms with Crippen LogP contribution in [-0.4, -0.2) is 53.5 Å². The number of nitrogens with zero attached hydrogens (tertiary/aromatic N) is 3. The molecule has 1 aliphatic rings. The lowest BCUT2D eigenvalue weighted by atomic mass is 10.1. The molecule has 7 nitrogen and oxygen atoms in total. The highest BCUT2D eigenvalue weighted by Gasteiger charge is 2.34. The minimum absolute atomic E-state index is 0.0382. The molecule has 1 fully saturated rings. The number of sulfone groups is 1. The van der Waals surface area contributed by atoms with E-state index in [1.165, 1.54) is 0 Å². The zero-order valence-electron chi connectivity index (χ0n) is 14.2. The second kappa shape index (κ2) is 5.77. The summed E-state index contributed by atoms with van der Waals surface area (Å²) in [6.45, 7) is 5.56. The number of aromatic nitrogens is 2. The Morgan fingerprint density at radius 1 is 1.33 bits per heavy atom. The molecular weight excluding hydrogens is 330 g/mol. The topological polar surface area (TPSA) is 85.4 Å². The lowest BCUT2D eigenvalue weighted by Gasteiger charge is -2.23. The second-order valence-corrected chi connectivity index (χ2v) is 8.62. The molecule has 130 valence electrons. The van der Waals surface area contributed by atoms with Crippen LogP contribution in [0.3, 0.4) is 0 Å². The van der Waals surface area contributed by atoms with Crippen molar-refractivity contribution >= 4 is 15.7 Å². The lowest BCUT2D eigenvalue weighted by Crippen LogP contribution is -2.38. The van der Waals surface area contributed by atoms with Gasteiger partial charge in [0.1, 0.15) is 5.76 Å². The zero-order valence-corrected chi connectivity index (χ0v) is 15.1. The fourth-order valence-corrected chi connectivity index (χ4v) is 5.00. The van der Waals surface area contributed by atoms with Gasteiger partial charge in [-0.2, -0.15) is 0 Å². The Labute approximate surface area is 141 Å². The predicted octanol–water partition coefficient (Wildman–Crippen LogP) is 1.65. The minimum atomic E-state index is -3.03. The first kappa shape index (κ1) is 16.8. The van der Waals surface area contributed by atoms with Crippen molar-refractivity contribution in [3.63, 3.8) is 0 Å². The molecule has 0 aliphatic carbocycles. The molecule has 0 saturated carbocycles. The van der Waals surface area contributed by atoms with Gasteiger partial charge in [-0.05, 0) is 33.3 Å². The third-order valence-corrected chi connectivity index (χ3v) is 6.33. The van der Waals surface area contributed by atoms with Gasteiger partial charge in [-0.1, -0.05) is 5.16 Å². The predicted molar refractivity (Wildman–Crippen MR) is 89.2 cm³/mol. The van der Waals surface area contributed by atoms with Gasteiger partial charge in [-0.25, -0.2) is 8.42 Å². The van der Waals surface area contributed by atoms with Gasteiger partial charge in [-0.15, -0.1) is 0 Å². The smallest absolute Gasteiger partial charge is 0.255 e. The van der Waals surface area contributed by atoms with E-state index in [4.69, 9.17) is 4.52 Å². The van der Waals surface area contributed by atoms with Crippen molar-refractivity contribution in [2.45, 2.75) is 33.2 Å². The summed E-state index contributed by atoms with van der Waals surface area (Å²) in [5.41, 5.74) is 2.19. The van der Waals surface area contributed by atoms with Crippen LogP contribution in [0.1, 0.15) is 33.9 Å². The molecule has 1 aliphatic heterocycles. The molecule has 3 rings (SSSR count). The van der Waals surface area contributed by atoms with Crippen LogP contribution in [0.15, 0.2) is 16.7 Å². The van der Waals surface area contributed by atoms with Crippen LogP contribution in [0.25, 0.3) is 5.82 Å². The fourth-order valence-electron chi connectivity index (χ4n) is 3.23. The third-order valence-electron chi connectivity index (χ3n) is 4.58. The maximum atomic E-state index is 12.8. The monoisotopic (exact) mass is 351 g/mol. The Morgan fingerprint density at radius 2 is 2.04 bits per heavy atom. The quantitative estimate of drug-likeness (QED) is 0.839. The van der Waals surface area contributed by atoms with E-state index < -0.39 is 9.84 Å². The van der Waals surface area contributed by atoms with E-state index >= 15 is 0 Å². The average molecular weight is 351 g/mol. The van der Waals surface area contributed by atoms with Gasteiger partial charge in [0.25, 0.3) is 5.91 Å². The molecule has 1 unspecified atom stereocenters. The third kappa shape index (κ3) is 2.86. The Morgan fingerprint density at radius 3 is 2.58 bits per heavy atom. The zero-order chi connectivity index (χ0) is 17.6. The fraction of sp³-hybridized carbons (Fsp3) is 0.500. The molecule has 1 saturated heterocycles. The van der Waals surface area contributed by atoms with E-state index in [-0.39, 0.29) is 23.5 Å². The number of hydrogen-bond acceptors (Lipinski definition) is 5. The van der Waals surface area contributed by atoms with Gasteiger partial charge in [0.2, 0.25) is 0 Å². The first-order valence-corrected chi connectivity index (χ1v) is 9.62. The van der Waals surface area contributed by atoms with Crippen molar-refractivity contribution < 1.29 is 17.7 Å². The van der Waals surface area contributed by atoms with E-state index in [0.29, 0.717) is 23.6 Å². The normalized spacial score (nSPS) is 19.6.